The highest BCUT2D eigenvalue weighted by Crippen LogP contribution is 2.18. The van der Waals surface area contributed by atoms with Gasteiger partial charge in [-0.05, 0) is 30.5 Å². The molecule has 102 valence electrons. The largest absolute Gasteiger partial charge is 0.327 e. The maximum absolute atomic E-state index is 6.01. The minimum atomic E-state index is 0.419. The standard InChI is InChI=1S/C16H16ClN3/c1-12-4-2-3-5-13(12)7-9-20-15-6-8-18-11-14(15)19-16(20)10-17/h2-6,8,11H,7,9-10H2,1H3. The smallest absolute Gasteiger partial charge is 0.124 e. The Hall–Kier alpha value is -1.87. The molecule has 0 aliphatic carbocycles. The van der Waals surface area contributed by atoms with Crippen LogP contribution in [0.3, 0.4) is 0 Å². The van der Waals surface area contributed by atoms with Gasteiger partial charge in [0.05, 0.1) is 17.6 Å². The summed E-state index contributed by atoms with van der Waals surface area (Å²) in [5.41, 5.74) is 4.70. The maximum Gasteiger partial charge on any atom is 0.124 e. The summed E-state index contributed by atoms with van der Waals surface area (Å²) in [5, 5.41) is 0. The van der Waals surface area contributed by atoms with Crippen molar-refractivity contribution in [2.75, 3.05) is 0 Å². The van der Waals surface area contributed by atoms with E-state index in [0.29, 0.717) is 5.88 Å². The summed E-state index contributed by atoms with van der Waals surface area (Å²) in [6, 6.07) is 10.5. The van der Waals surface area contributed by atoms with Crippen molar-refractivity contribution in [3.63, 3.8) is 0 Å². The Morgan fingerprint density at radius 3 is 2.85 bits per heavy atom. The predicted molar refractivity (Wildman–Crippen MR) is 82.0 cm³/mol. The van der Waals surface area contributed by atoms with Crippen LogP contribution < -0.4 is 0 Å². The van der Waals surface area contributed by atoms with Gasteiger partial charge in [-0.25, -0.2) is 4.98 Å². The molecule has 4 heteroatoms. The molecular weight excluding hydrogens is 270 g/mol. The second-order valence-corrected chi connectivity index (χ2v) is 5.12. The Morgan fingerprint density at radius 2 is 2.05 bits per heavy atom. The molecule has 0 radical (unpaired) electrons. The number of rotatable bonds is 4. The Bertz CT molecular complexity index is 733. The highest BCUT2D eigenvalue weighted by molar-refractivity contribution is 6.16. The fourth-order valence-electron chi connectivity index (χ4n) is 2.51. The summed E-state index contributed by atoms with van der Waals surface area (Å²) in [5.74, 6) is 1.32. The number of halogens is 1. The summed E-state index contributed by atoms with van der Waals surface area (Å²) in [6.07, 6.45) is 4.56. The summed E-state index contributed by atoms with van der Waals surface area (Å²) in [4.78, 5) is 8.65. The first kappa shape index (κ1) is 13.1. The Labute approximate surface area is 123 Å². The van der Waals surface area contributed by atoms with Gasteiger partial charge in [-0.1, -0.05) is 24.3 Å². The molecule has 0 saturated carbocycles. The topological polar surface area (TPSA) is 30.7 Å². The van der Waals surface area contributed by atoms with Crippen LogP contribution in [0.2, 0.25) is 0 Å². The third-order valence-electron chi connectivity index (χ3n) is 3.62. The molecule has 3 nitrogen and oxygen atoms in total. The van der Waals surface area contributed by atoms with Crippen LogP contribution in [0.4, 0.5) is 0 Å². The number of hydrogen-bond acceptors (Lipinski definition) is 2. The highest BCUT2D eigenvalue weighted by Gasteiger charge is 2.10. The minimum absolute atomic E-state index is 0.419. The zero-order chi connectivity index (χ0) is 13.9. The number of hydrogen-bond donors (Lipinski definition) is 0. The van der Waals surface area contributed by atoms with Crippen molar-refractivity contribution in [2.24, 2.45) is 0 Å². The van der Waals surface area contributed by atoms with E-state index in [1.807, 2.05) is 6.07 Å². The lowest BCUT2D eigenvalue weighted by molar-refractivity contribution is 0.686. The zero-order valence-corrected chi connectivity index (χ0v) is 12.1. The second-order valence-electron chi connectivity index (χ2n) is 4.85. The van der Waals surface area contributed by atoms with Gasteiger partial charge in [0.2, 0.25) is 0 Å². The number of nitrogens with zero attached hydrogens (tertiary/aromatic N) is 3. The minimum Gasteiger partial charge on any atom is -0.327 e. The maximum atomic E-state index is 6.01. The third-order valence-corrected chi connectivity index (χ3v) is 3.85. The molecule has 3 rings (SSSR count). The van der Waals surface area contributed by atoms with Crippen molar-refractivity contribution in [2.45, 2.75) is 25.8 Å². The average Bonchev–Trinajstić information content (AvgIpc) is 2.84. The van der Waals surface area contributed by atoms with E-state index in [0.717, 1.165) is 29.8 Å². The fourth-order valence-corrected chi connectivity index (χ4v) is 2.71. The van der Waals surface area contributed by atoms with Gasteiger partial charge in [0.25, 0.3) is 0 Å². The van der Waals surface area contributed by atoms with Gasteiger partial charge in [0.1, 0.15) is 11.3 Å². The van der Waals surface area contributed by atoms with Gasteiger partial charge in [-0.15, -0.1) is 11.6 Å². The first-order valence-corrected chi connectivity index (χ1v) is 7.22. The van der Waals surface area contributed by atoms with E-state index in [9.17, 15) is 0 Å². The van der Waals surface area contributed by atoms with Crippen molar-refractivity contribution in [1.82, 2.24) is 14.5 Å². The number of aryl methyl sites for hydroxylation is 3. The molecule has 0 amide bonds. The lowest BCUT2D eigenvalue weighted by Gasteiger charge is -2.09. The Morgan fingerprint density at radius 1 is 1.20 bits per heavy atom. The molecule has 1 aromatic carbocycles. The first-order valence-electron chi connectivity index (χ1n) is 6.69. The van der Waals surface area contributed by atoms with Crippen LogP contribution in [0.15, 0.2) is 42.7 Å². The van der Waals surface area contributed by atoms with Crippen LogP contribution in [0, 0.1) is 6.92 Å². The van der Waals surface area contributed by atoms with E-state index in [1.165, 1.54) is 11.1 Å². The van der Waals surface area contributed by atoms with Crippen molar-refractivity contribution >= 4 is 22.6 Å². The molecule has 0 N–H and O–H groups in total. The molecule has 0 bridgehead atoms. The molecule has 2 heterocycles. The van der Waals surface area contributed by atoms with E-state index in [-0.39, 0.29) is 0 Å². The number of pyridine rings is 1. The number of alkyl halides is 1. The van der Waals surface area contributed by atoms with Crippen molar-refractivity contribution < 1.29 is 0 Å². The van der Waals surface area contributed by atoms with Crippen LogP contribution in [-0.2, 0) is 18.8 Å². The lowest BCUT2D eigenvalue weighted by Crippen LogP contribution is -2.05. The van der Waals surface area contributed by atoms with E-state index in [1.54, 1.807) is 12.4 Å². The van der Waals surface area contributed by atoms with Gasteiger partial charge in [0.15, 0.2) is 0 Å². The predicted octanol–water partition coefficient (Wildman–Crippen LogP) is 3.72. The number of imidazole rings is 1. The number of aromatic nitrogens is 3. The first-order chi connectivity index (χ1) is 9.79. The SMILES string of the molecule is Cc1ccccc1CCn1c(CCl)nc2cnccc21. The Kier molecular flexibility index (Phi) is 3.70. The van der Waals surface area contributed by atoms with Crippen LogP contribution in [0.1, 0.15) is 17.0 Å². The van der Waals surface area contributed by atoms with E-state index < -0.39 is 0 Å². The van der Waals surface area contributed by atoms with Crippen molar-refractivity contribution in [1.29, 1.82) is 0 Å². The highest BCUT2D eigenvalue weighted by atomic mass is 35.5. The molecule has 20 heavy (non-hydrogen) atoms. The van der Waals surface area contributed by atoms with E-state index in [4.69, 9.17) is 11.6 Å². The molecule has 0 unspecified atom stereocenters. The molecule has 0 saturated heterocycles. The Balaban J connectivity index is 1.92. The average molecular weight is 286 g/mol. The molecule has 0 atom stereocenters. The summed E-state index contributed by atoms with van der Waals surface area (Å²) in [7, 11) is 0. The molecular formula is C16H16ClN3. The third kappa shape index (κ3) is 2.41. The van der Waals surface area contributed by atoms with Crippen LogP contribution in [-0.4, -0.2) is 14.5 Å². The van der Waals surface area contributed by atoms with E-state index >= 15 is 0 Å². The molecule has 0 aliphatic heterocycles. The fraction of sp³-hybridized carbons (Fsp3) is 0.250. The molecule has 0 spiro atoms. The molecule has 0 fully saturated rings. The van der Waals surface area contributed by atoms with Gasteiger partial charge < -0.3 is 4.57 Å². The number of fused-ring (bicyclic) bond motifs is 1. The molecule has 0 aliphatic rings. The summed E-state index contributed by atoms with van der Waals surface area (Å²) in [6.45, 7) is 3.03. The van der Waals surface area contributed by atoms with Gasteiger partial charge in [-0.3, -0.25) is 4.98 Å². The lowest BCUT2D eigenvalue weighted by atomic mass is 10.1. The summed E-state index contributed by atoms with van der Waals surface area (Å²) < 4.78 is 2.19. The van der Waals surface area contributed by atoms with Crippen molar-refractivity contribution in [3.05, 3.63) is 59.7 Å². The second kappa shape index (κ2) is 5.63. The zero-order valence-electron chi connectivity index (χ0n) is 11.4. The van der Waals surface area contributed by atoms with Crippen LogP contribution in [0.5, 0.6) is 0 Å². The normalized spacial score (nSPS) is 11.1. The van der Waals surface area contributed by atoms with Crippen LogP contribution >= 0.6 is 11.6 Å². The molecule has 2 aromatic heterocycles. The van der Waals surface area contributed by atoms with Crippen LogP contribution in [0.25, 0.3) is 11.0 Å². The van der Waals surface area contributed by atoms with Gasteiger partial charge in [-0.2, -0.15) is 0 Å². The number of benzene rings is 1. The monoisotopic (exact) mass is 285 g/mol. The van der Waals surface area contributed by atoms with Gasteiger partial charge in [0, 0.05) is 12.7 Å². The van der Waals surface area contributed by atoms with Crippen molar-refractivity contribution in [3.8, 4) is 0 Å². The molecule has 3 aromatic rings. The van der Waals surface area contributed by atoms with E-state index in [2.05, 4.69) is 45.7 Å². The summed E-state index contributed by atoms with van der Waals surface area (Å²) >= 11 is 6.01. The quantitative estimate of drug-likeness (QED) is 0.684. The van der Waals surface area contributed by atoms with Gasteiger partial charge >= 0.3 is 0 Å².